The smallest absolute Gasteiger partial charge is 0.315 e. The molecule has 9 heteroatoms. The van der Waals surface area contributed by atoms with Crippen LogP contribution in [0.4, 0.5) is 11.6 Å². The largest absolute Gasteiger partial charge is 0.493 e. The van der Waals surface area contributed by atoms with Crippen molar-refractivity contribution in [2.24, 2.45) is 5.10 Å². The highest BCUT2D eigenvalue weighted by Gasteiger charge is 2.21. The lowest BCUT2D eigenvalue weighted by molar-refractivity contribution is -0.385. The molecule has 0 aliphatic heterocycles. The molecule has 134 valence electrons. The van der Waals surface area contributed by atoms with Crippen LogP contribution in [0.3, 0.4) is 0 Å². The van der Waals surface area contributed by atoms with Gasteiger partial charge in [0.15, 0.2) is 5.75 Å². The zero-order valence-electron chi connectivity index (χ0n) is 14.4. The van der Waals surface area contributed by atoms with E-state index in [0.717, 1.165) is 16.6 Å². The van der Waals surface area contributed by atoms with Crippen LogP contribution < -0.4 is 14.9 Å². The molecule has 0 aliphatic carbocycles. The Bertz CT molecular complexity index is 996. The molecule has 3 rings (SSSR count). The Hall–Kier alpha value is -3.62. The maximum atomic E-state index is 11.2. The minimum atomic E-state index is -0.534. The fourth-order valence-corrected chi connectivity index (χ4v) is 2.52. The zero-order valence-corrected chi connectivity index (χ0v) is 14.4. The summed E-state index contributed by atoms with van der Waals surface area (Å²) in [6.45, 7) is 2.00. The number of nitro benzene ring substituents is 1. The molecule has 2 N–H and O–H groups in total. The van der Waals surface area contributed by atoms with Crippen molar-refractivity contribution in [1.82, 2.24) is 9.97 Å². The molecule has 0 aliphatic rings. The van der Waals surface area contributed by atoms with E-state index in [0.29, 0.717) is 11.5 Å². The Labute approximate surface area is 148 Å². The lowest BCUT2D eigenvalue weighted by atomic mass is 10.2. The van der Waals surface area contributed by atoms with Crippen molar-refractivity contribution in [3.63, 3.8) is 0 Å². The number of methoxy groups -OCH3 is 2. The first-order valence-electron chi connectivity index (χ1n) is 7.67. The molecule has 0 unspecified atom stereocenters. The molecule has 0 radical (unpaired) electrons. The number of H-pyrrole nitrogens is 1. The average Bonchev–Trinajstić information content (AvgIpc) is 3.02. The molecule has 2 aromatic carbocycles. The number of hydrogen-bond donors (Lipinski definition) is 2. The fourth-order valence-electron chi connectivity index (χ4n) is 2.52. The number of aromatic nitrogens is 2. The standard InChI is InChI=1S/C17H17N5O4/c1-10-4-5-12-13(6-10)20-17(19-12)21-18-9-11-7-14(22(23)24)16(26-3)15(8-11)25-2/h4-9H,1-3H3,(H2,19,20,21)/b18-9-. The Morgan fingerprint density at radius 1 is 1.27 bits per heavy atom. The van der Waals surface area contributed by atoms with Gasteiger partial charge in [-0.25, -0.2) is 10.4 Å². The van der Waals surface area contributed by atoms with E-state index in [9.17, 15) is 10.1 Å². The van der Waals surface area contributed by atoms with E-state index < -0.39 is 4.92 Å². The number of aryl methyl sites for hydroxylation is 1. The van der Waals surface area contributed by atoms with Gasteiger partial charge in [-0.2, -0.15) is 5.10 Å². The van der Waals surface area contributed by atoms with Crippen molar-refractivity contribution < 1.29 is 14.4 Å². The van der Waals surface area contributed by atoms with E-state index >= 15 is 0 Å². The SMILES string of the molecule is COc1cc(/C=N\Nc2nc3ccc(C)cc3[nH]2)cc([N+](=O)[O-])c1OC. The number of fused-ring (bicyclic) bond motifs is 1. The van der Waals surface area contributed by atoms with Crippen molar-refractivity contribution in [1.29, 1.82) is 0 Å². The molecule has 9 nitrogen and oxygen atoms in total. The predicted octanol–water partition coefficient (Wildman–Crippen LogP) is 3.24. The molecular formula is C17H17N5O4. The van der Waals surface area contributed by atoms with E-state index in [1.54, 1.807) is 6.07 Å². The lowest BCUT2D eigenvalue weighted by Crippen LogP contribution is -1.99. The molecule has 1 aromatic heterocycles. The van der Waals surface area contributed by atoms with E-state index in [1.165, 1.54) is 26.5 Å². The van der Waals surface area contributed by atoms with Gasteiger partial charge in [-0.05, 0) is 30.7 Å². The third-order valence-corrected chi connectivity index (χ3v) is 3.70. The second kappa shape index (κ2) is 7.09. The van der Waals surface area contributed by atoms with Crippen LogP contribution in [-0.4, -0.2) is 35.3 Å². The van der Waals surface area contributed by atoms with Crippen LogP contribution in [0, 0.1) is 17.0 Å². The molecule has 0 spiro atoms. The summed E-state index contributed by atoms with van der Waals surface area (Å²) >= 11 is 0. The summed E-state index contributed by atoms with van der Waals surface area (Å²) in [7, 11) is 2.76. The monoisotopic (exact) mass is 355 g/mol. The molecule has 3 aromatic rings. The first kappa shape index (κ1) is 17.2. The summed E-state index contributed by atoms with van der Waals surface area (Å²) in [5.41, 5.74) is 5.88. The molecule has 0 bridgehead atoms. The highest BCUT2D eigenvalue weighted by atomic mass is 16.6. The van der Waals surface area contributed by atoms with Crippen LogP contribution in [0.25, 0.3) is 11.0 Å². The van der Waals surface area contributed by atoms with Crippen molar-refractivity contribution in [3.8, 4) is 11.5 Å². The highest BCUT2D eigenvalue weighted by Crippen LogP contribution is 2.37. The number of imidazole rings is 1. The number of hydrazone groups is 1. The number of nitrogens with one attached hydrogen (secondary N) is 2. The molecule has 0 atom stereocenters. The summed E-state index contributed by atoms with van der Waals surface area (Å²) in [6.07, 6.45) is 1.44. The number of aromatic amines is 1. The van der Waals surface area contributed by atoms with E-state index in [4.69, 9.17) is 9.47 Å². The number of hydrogen-bond acceptors (Lipinski definition) is 7. The summed E-state index contributed by atoms with van der Waals surface area (Å²) in [4.78, 5) is 18.1. The molecule has 0 amide bonds. The minimum Gasteiger partial charge on any atom is -0.493 e. The van der Waals surface area contributed by atoms with Crippen LogP contribution in [-0.2, 0) is 0 Å². The van der Waals surface area contributed by atoms with Gasteiger partial charge in [-0.3, -0.25) is 10.1 Å². The fraction of sp³-hybridized carbons (Fsp3) is 0.176. The van der Waals surface area contributed by atoms with E-state index in [-0.39, 0.29) is 17.2 Å². The van der Waals surface area contributed by atoms with Gasteiger partial charge in [-0.1, -0.05) is 6.07 Å². The Kier molecular flexibility index (Phi) is 4.70. The van der Waals surface area contributed by atoms with E-state index in [2.05, 4.69) is 20.5 Å². The third-order valence-electron chi connectivity index (χ3n) is 3.70. The van der Waals surface area contributed by atoms with Gasteiger partial charge in [-0.15, -0.1) is 0 Å². The van der Waals surface area contributed by atoms with Gasteiger partial charge in [0.25, 0.3) is 0 Å². The first-order chi connectivity index (χ1) is 12.5. The van der Waals surface area contributed by atoms with Gasteiger partial charge < -0.3 is 14.5 Å². The van der Waals surface area contributed by atoms with Gasteiger partial charge in [0.1, 0.15) is 0 Å². The number of nitro groups is 1. The van der Waals surface area contributed by atoms with Crippen LogP contribution in [0.2, 0.25) is 0 Å². The maximum absolute atomic E-state index is 11.2. The molecule has 0 saturated carbocycles. The summed E-state index contributed by atoms with van der Waals surface area (Å²) < 4.78 is 10.2. The second-order valence-electron chi connectivity index (χ2n) is 5.51. The number of rotatable bonds is 6. The van der Waals surface area contributed by atoms with Gasteiger partial charge in [0.05, 0.1) is 36.4 Å². The summed E-state index contributed by atoms with van der Waals surface area (Å²) in [5.74, 6) is 0.787. The van der Waals surface area contributed by atoms with Crippen LogP contribution in [0.5, 0.6) is 11.5 Å². The Morgan fingerprint density at radius 2 is 2.08 bits per heavy atom. The molecular weight excluding hydrogens is 338 g/mol. The van der Waals surface area contributed by atoms with E-state index in [1.807, 2.05) is 25.1 Å². The summed E-state index contributed by atoms with van der Waals surface area (Å²) in [5, 5.41) is 15.3. The third kappa shape index (κ3) is 3.41. The number of ether oxygens (including phenoxy) is 2. The van der Waals surface area contributed by atoms with Gasteiger partial charge in [0.2, 0.25) is 11.7 Å². The minimum absolute atomic E-state index is 0.0651. The predicted molar refractivity (Wildman–Crippen MR) is 98.2 cm³/mol. The van der Waals surface area contributed by atoms with Crippen molar-refractivity contribution in [2.75, 3.05) is 19.6 Å². The van der Waals surface area contributed by atoms with Gasteiger partial charge >= 0.3 is 5.69 Å². The normalized spacial score (nSPS) is 11.0. The second-order valence-corrected chi connectivity index (χ2v) is 5.51. The molecule has 0 saturated heterocycles. The maximum Gasteiger partial charge on any atom is 0.315 e. The lowest BCUT2D eigenvalue weighted by Gasteiger charge is -2.08. The average molecular weight is 355 g/mol. The van der Waals surface area contributed by atoms with Crippen LogP contribution in [0.15, 0.2) is 35.4 Å². The zero-order chi connectivity index (χ0) is 18.7. The number of anilines is 1. The van der Waals surface area contributed by atoms with Crippen LogP contribution in [0.1, 0.15) is 11.1 Å². The quantitative estimate of drug-likeness (QED) is 0.398. The van der Waals surface area contributed by atoms with Crippen molar-refractivity contribution in [2.45, 2.75) is 6.92 Å². The van der Waals surface area contributed by atoms with Crippen molar-refractivity contribution in [3.05, 3.63) is 51.6 Å². The Balaban J connectivity index is 1.85. The van der Waals surface area contributed by atoms with Crippen LogP contribution >= 0.6 is 0 Å². The molecule has 0 fully saturated rings. The first-order valence-corrected chi connectivity index (χ1v) is 7.67. The highest BCUT2D eigenvalue weighted by molar-refractivity contribution is 5.84. The summed E-state index contributed by atoms with van der Waals surface area (Å²) in [6, 6.07) is 8.81. The molecule has 1 heterocycles. The van der Waals surface area contributed by atoms with Gasteiger partial charge in [0, 0.05) is 11.6 Å². The number of nitrogens with zero attached hydrogens (tertiary/aromatic N) is 3. The number of benzene rings is 2. The topological polar surface area (TPSA) is 115 Å². The Morgan fingerprint density at radius 3 is 2.77 bits per heavy atom. The molecule has 26 heavy (non-hydrogen) atoms. The van der Waals surface area contributed by atoms with Crippen molar-refractivity contribution >= 4 is 28.9 Å².